The van der Waals surface area contributed by atoms with Gasteiger partial charge in [-0.3, -0.25) is 4.79 Å². The molecular formula is C12H19N3OS. The van der Waals surface area contributed by atoms with Gasteiger partial charge < -0.3 is 15.5 Å². The monoisotopic (exact) mass is 253 g/mol. The summed E-state index contributed by atoms with van der Waals surface area (Å²) in [5.74, 6) is 0.0526. The van der Waals surface area contributed by atoms with Crippen molar-refractivity contribution in [3.05, 3.63) is 22.4 Å². The van der Waals surface area contributed by atoms with Crippen LogP contribution in [-0.4, -0.2) is 48.9 Å². The lowest BCUT2D eigenvalue weighted by Gasteiger charge is -2.22. The second-order valence-corrected chi connectivity index (χ2v) is 5.66. The average Bonchev–Trinajstić information content (AvgIpc) is 2.97. The molecule has 17 heavy (non-hydrogen) atoms. The summed E-state index contributed by atoms with van der Waals surface area (Å²) in [5, 5.41) is 1.95. The molecule has 2 unspecified atom stereocenters. The van der Waals surface area contributed by atoms with Crippen LogP contribution in [0.15, 0.2) is 17.5 Å². The lowest BCUT2D eigenvalue weighted by atomic mass is 10.2. The van der Waals surface area contributed by atoms with Crippen LogP contribution >= 0.6 is 11.3 Å². The van der Waals surface area contributed by atoms with Gasteiger partial charge in [-0.05, 0) is 32.0 Å². The van der Waals surface area contributed by atoms with Crippen molar-refractivity contribution in [1.82, 2.24) is 9.80 Å². The molecule has 1 aromatic rings. The predicted octanol–water partition coefficient (Wildman–Crippen LogP) is 0.910. The van der Waals surface area contributed by atoms with Gasteiger partial charge in [-0.1, -0.05) is 6.07 Å². The van der Waals surface area contributed by atoms with Crippen molar-refractivity contribution in [2.75, 3.05) is 27.2 Å². The molecule has 0 spiro atoms. The van der Waals surface area contributed by atoms with Gasteiger partial charge in [0.15, 0.2) is 0 Å². The molecule has 94 valence electrons. The maximum Gasteiger partial charge on any atom is 0.244 e. The van der Waals surface area contributed by atoms with E-state index in [4.69, 9.17) is 5.73 Å². The minimum atomic E-state index is -0.490. The summed E-state index contributed by atoms with van der Waals surface area (Å²) in [5.41, 5.74) is 5.99. The minimum Gasteiger partial charge on any atom is -0.339 e. The van der Waals surface area contributed by atoms with E-state index in [1.165, 1.54) is 0 Å². The molecule has 0 bridgehead atoms. The van der Waals surface area contributed by atoms with Crippen LogP contribution in [0.4, 0.5) is 0 Å². The zero-order valence-corrected chi connectivity index (χ0v) is 11.1. The number of thiophene rings is 1. The number of likely N-dealkylation sites (tertiary alicyclic amines) is 1. The Balaban J connectivity index is 1.97. The van der Waals surface area contributed by atoms with Crippen LogP contribution in [0.25, 0.3) is 0 Å². The third-order valence-corrected chi connectivity index (χ3v) is 4.28. The van der Waals surface area contributed by atoms with Gasteiger partial charge in [0.25, 0.3) is 0 Å². The first-order valence-electron chi connectivity index (χ1n) is 5.84. The molecule has 5 heteroatoms. The van der Waals surface area contributed by atoms with Gasteiger partial charge in [0.05, 0.1) is 0 Å². The molecule has 1 fully saturated rings. The molecule has 0 radical (unpaired) electrons. The Kier molecular flexibility index (Phi) is 3.81. The average molecular weight is 253 g/mol. The van der Waals surface area contributed by atoms with Crippen LogP contribution in [-0.2, 0) is 4.79 Å². The van der Waals surface area contributed by atoms with E-state index in [9.17, 15) is 4.79 Å². The first-order valence-corrected chi connectivity index (χ1v) is 6.71. The second-order valence-electron chi connectivity index (χ2n) is 4.68. The summed E-state index contributed by atoms with van der Waals surface area (Å²) < 4.78 is 0. The van der Waals surface area contributed by atoms with Crippen LogP contribution in [0.3, 0.4) is 0 Å². The number of hydrogen-bond acceptors (Lipinski definition) is 4. The van der Waals surface area contributed by atoms with Crippen molar-refractivity contribution in [3.8, 4) is 0 Å². The second kappa shape index (κ2) is 5.16. The van der Waals surface area contributed by atoms with Gasteiger partial charge in [-0.25, -0.2) is 0 Å². The lowest BCUT2D eigenvalue weighted by Crippen LogP contribution is -2.39. The third-order valence-electron chi connectivity index (χ3n) is 3.32. The first-order chi connectivity index (χ1) is 8.09. The Morgan fingerprint density at radius 2 is 2.41 bits per heavy atom. The van der Waals surface area contributed by atoms with Gasteiger partial charge >= 0.3 is 0 Å². The molecule has 2 atom stereocenters. The predicted molar refractivity (Wildman–Crippen MR) is 69.9 cm³/mol. The van der Waals surface area contributed by atoms with Crippen LogP contribution < -0.4 is 5.73 Å². The summed E-state index contributed by atoms with van der Waals surface area (Å²) in [4.78, 5) is 17.2. The Morgan fingerprint density at radius 1 is 1.65 bits per heavy atom. The highest BCUT2D eigenvalue weighted by molar-refractivity contribution is 7.10. The highest BCUT2D eigenvalue weighted by Crippen LogP contribution is 2.22. The van der Waals surface area contributed by atoms with E-state index in [0.29, 0.717) is 6.04 Å². The molecule has 0 saturated carbocycles. The maximum absolute atomic E-state index is 12.2. The zero-order valence-electron chi connectivity index (χ0n) is 10.3. The number of nitrogens with zero attached hydrogens (tertiary/aromatic N) is 2. The quantitative estimate of drug-likeness (QED) is 0.871. The van der Waals surface area contributed by atoms with Crippen molar-refractivity contribution < 1.29 is 4.79 Å². The highest BCUT2D eigenvalue weighted by Gasteiger charge is 2.30. The van der Waals surface area contributed by atoms with Gasteiger partial charge in [0.2, 0.25) is 5.91 Å². The Bertz CT molecular complexity index is 377. The van der Waals surface area contributed by atoms with E-state index in [0.717, 1.165) is 24.4 Å². The SMILES string of the molecule is CN(C)C1CCN(C(=O)C(N)c2cccs2)C1. The Hall–Kier alpha value is -0.910. The van der Waals surface area contributed by atoms with E-state index in [-0.39, 0.29) is 5.91 Å². The smallest absolute Gasteiger partial charge is 0.244 e. The summed E-state index contributed by atoms with van der Waals surface area (Å²) >= 11 is 1.54. The number of amides is 1. The molecule has 2 rings (SSSR count). The topological polar surface area (TPSA) is 49.6 Å². The lowest BCUT2D eigenvalue weighted by molar-refractivity contribution is -0.131. The third kappa shape index (κ3) is 2.68. The molecule has 1 aliphatic heterocycles. The van der Waals surface area contributed by atoms with Crippen LogP contribution in [0, 0.1) is 0 Å². The van der Waals surface area contributed by atoms with E-state index >= 15 is 0 Å². The standard InChI is InChI=1S/C12H19N3OS/c1-14(2)9-5-6-15(8-9)12(16)11(13)10-4-3-7-17-10/h3-4,7,9,11H,5-6,8,13H2,1-2H3. The highest BCUT2D eigenvalue weighted by atomic mass is 32.1. The number of carbonyl (C=O) groups is 1. The fourth-order valence-corrected chi connectivity index (χ4v) is 2.87. The number of nitrogens with two attached hydrogens (primary N) is 1. The molecule has 0 aliphatic carbocycles. The molecule has 2 heterocycles. The minimum absolute atomic E-state index is 0.0526. The Labute approximate surface area is 106 Å². The van der Waals surface area contributed by atoms with E-state index in [2.05, 4.69) is 19.0 Å². The van der Waals surface area contributed by atoms with Crippen molar-refractivity contribution in [2.24, 2.45) is 5.73 Å². The van der Waals surface area contributed by atoms with Crippen LogP contribution in [0.5, 0.6) is 0 Å². The van der Waals surface area contributed by atoms with Gasteiger partial charge in [0, 0.05) is 24.0 Å². The first kappa shape index (κ1) is 12.5. The molecular weight excluding hydrogens is 234 g/mol. The summed E-state index contributed by atoms with van der Waals surface area (Å²) in [6, 6.07) is 3.83. The molecule has 1 aromatic heterocycles. The summed E-state index contributed by atoms with van der Waals surface area (Å²) in [6.45, 7) is 1.62. The number of hydrogen-bond donors (Lipinski definition) is 1. The van der Waals surface area contributed by atoms with Gasteiger partial charge in [-0.2, -0.15) is 0 Å². The number of carbonyl (C=O) groups excluding carboxylic acids is 1. The molecule has 4 nitrogen and oxygen atoms in total. The van der Waals surface area contributed by atoms with E-state index in [1.54, 1.807) is 11.3 Å². The van der Waals surface area contributed by atoms with Gasteiger partial charge in [-0.15, -0.1) is 11.3 Å². The zero-order chi connectivity index (χ0) is 12.4. The molecule has 1 amide bonds. The molecule has 1 saturated heterocycles. The maximum atomic E-state index is 12.2. The molecule has 0 aromatic carbocycles. The largest absolute Gasteiger partial charge is 0.339 e. The molecule has 2 N–H and O–H groups in total. The number of likely N-dealkylation sites (N-methyl/N-ethyl adjacent to an activating group) is 1. The fraction of sp³-hybridized carbons (Fsp3) is 0.583. The van der Waals surface area contributed by atoms with Crippen molar-refractivity contribution in [1.29, 1.82) is 0 Å². The fourth-order valence-electron chi connectivity index (χ4n) is 2.15. The summed E-state index contributed by atoms with van der Waals surface area (Å²) in [7, 11) is 4.11. The van der Waals surface area contributed by atoms with Gasteiger partial charge in [0.1, 0.15) is 6.04 Å². The van der Waals surface area contributed by atoms with Crippen LogP contribution in [0.1, 0.15) is 17.3 Å². The summed E-state index contributed by atoms with van der Waals surface area (Å²) in [6.07, 6.45) is 1.04. The van der Waals surface area contributed by atoms with Crippen molar-refractivity contribution >= 4 is 17.2 Å². The van der Waals surface area contributed by atoms with E-state index < -0.39 is 6.04 Å². The van der Waals surface area contributed by atoms with E-state index in [1.807, 2.05) is 22.4 Å². The number of rotatable bonds is 3. The van der Waals surface area contributed by atoms with Crippen molar-refractivity contribution in [2.45, 2.75) is 18.5 Å². The Morgan fingerprint density at radius 3 is 2.94 bits per heavy atom. The normalized spacial score (nSPS) is 22.1. The van der Waals surface area contributed by atoms with Crippen LogP contribution in [0.2, 0.25) is 0 Å². The molecule has 1 aliphatic rings. The van der Waals surface area contributed by atoms with Crippen molar-refractivity contribution in [3.63, 3.8) is 0 Å².